The molecule has 130 valence electrons. The molecule has 1 aliphatic heterocycles. The number of fused-ring (bicyclic) bond motifs is 1. The average molecular weight is 361 g/mol. The van der Waals surface area contributed by atoms with Crippen LogP contribution in [0.15, 0.2) is 42.5 Å². The number of hydrazine groups is 1. The van der Waals surface area contributed by atoms with Gasteiger partial charge in [0.15, 0.2) is 16.6 Å². The van der Waals surface area contributed by atoms with E-state index in [0.29, 0.717) is 23.6 Å². The number of carbonyl (C=O) groups is 1. The van der Waals surface area contributed by atoms with Crippen LogP contribution in [0.2, 0.25) is 0 Å². The highest BCUT2D eigenvalue weighted by Gasteiger charge is 2.13. The average Bonchev–Trinajstić information content (AvgIpc) is 3.06. The Balaban J connectivity index is 1.41. The summed E-state index contributed by atoms with van der Waals surface area (Å²) in [6.45, 7) is 0.686. The second kappa shape index (κ2) is 7.80. The Bertz CT molecular complexity index is 800. The van der Waals surface area contributed by atoms with Gasteiger partial charge in [-0.05, 0) is 47.6 Å². The van der Waals surface area contributed by atoms with Crippen molar-refractivity contribution < 1.29 is 18.7 Å². The summed E-state index contributed by atoms with van der Waals surface area (Å²) in [7, 11) is 0. The van der Waals surface area contributed by atoms with Gasteiger partial charge in [0, 0.05) is 6.54 Å². The van der Waals surface area contributed by atoms with Crippen molar-refractivity contribution in [2.45, 2.75) is 13.0 Å². The smallest absolute Gasteiger partial charge is 0.242 e. The SMILES string of the molecule is O=C(Cc1cccc(F)c1)NNC(=S)NCc1ccc2c(c1)OCO2. The Morgan fingerprint density at radius 3 is 2.76 bits per heavy atom. The number of amides is 1. The molecule has 25 heavy (non-hydrogen) atoms. The van der Waals surface area contributed by atoms with Gasteiger partial charge in [0.2, 0.25) is 12.7 Å². The van der Waals surface area contributed by atoms with E-state index in [1.807, 2.05) is 18.2 Å². The summed E-state index contributed by atoms with van der Waals surface area (Å²) in [6, 6.07) is 11.5. The molecule has 2 aromatic rings. The van der Waals surface area contributed by atoms with Crippen LogP contribution in [0, 0.1) is 5.82 Å². The number of nitrogens with one attached hydrogen (secondary N) is 3. The highest BCUT2D eigenvalue weighted by atomic mass is 32.1. The zero-order valence-corrected chi connectivity index (χ0v) is 14.0. The Kier molecular flexibility index (Phi) is 5.30. The van der Waals surface area contributed by atoms with Crippen molar-refractivity contribution >= 4 is 23.2 Å². The Morgan fingerprint density at radius 1 is 1.08 bits per heavy atom. The summed E-state index contributed by atoms with van der Waals surface area (Å²) >= 11 is 5.10. The summed E-state index contributed by atoms with van der Waals surface area (Å²) in [6.07, 6.45) is 0.0511. The number of ether oxygens (including phenoxy) is 2. The molecule has 0 bridgehead atoms. The quantitative estimate of drug-likeness (QED) is 0.570. The minimum Gasteiger partial charge on any atom is -0.454 e. The fraction of sp³-hybridized carbons (Fsp3) is 0.176. The summed E-state index contributed by atoms with van der Waals surface area (Å²) in [5.74, 6) is 0.715. The molecular formula is C17H16FN3O3S. The van der Waals surface area contributed by atoms with Crippen LogP contribution in [-0.2, 0) is 17.8 Å². The largest absolute Gasteiger partial charge is 0.454 e. The van der Waals surface area contributed by atoms with Crippen molar-refractivity contribution in [1.29, 1.82) is 0 Å². The fourth-order valence-electron chi connectivity index (χ4n) is 2.28. The minimum atomic E-state index is -0.376. The van der Waals surface area contributed by atoms with Gasteiger partial charge >= 0.3 is 0 Å². The van der Waals surface area contributed by atoms with Crippen LogP contribution < -0.4 is 25.6 Å². The van der Waals surface area contributed by atoms with E-state index in [9.17, 15) is 9.18 Å². The van der Waals surface area contributed by atoms with Gasteiger partial charge in [0.1, 0.15) is 5.82 Å². The van der Waals surface area contributed by atoms with E-state index in [0.717, 1.165) is 5.56 Å². The van der Waals surface area contributed by atoms with E-state index in [-0.39, 0.29) is 30.1 Å². The van der Waals surface area contributed by atoms with Crippen molar-refractivity contribution in [1.82, 2.24) is 16.2 Å². The molecule has 2 aromatic carbocycles. The molecule has 0 fully saturated rings. The molecule has 0 saturated heterocycles. The molecule has 1 aliphatic rings. The highest BCUT2D eigenvalue weighted by Crippen LogP contribution is 2.32. The van der Waals surface area contributed by atoms with Crippen molar-refractivity contribution in [3.63, 3.8) is 0 Å². The maximum absolute atomic E-state index is 13.1. The lowest BCUT2D eigenvalue weighted by molar-refractivity contribution is -0.121. The lowest BCUT2D eigenvalue weighted by atomic mass is 10.1. The molecule has 8 heteroatoms. The molecule has 0 saturated carbocycles. The first kappa shape index (κ1) is 17.0. The summed E-state index contributed by atoms with van der Waals surface area (Å²) in [5, 5.41) is 3.24. The third-order valence-electron chi connectivity index (χ3n) is 3.46. The summed E-state index contributed by atoms with van der Waals surface area (Å²) < 4.78 is 23.6. The Hall–Kier alpha value is -2.87. The van der Waals surface area contributed by atoms with E-state index >= 15 is 0 Å². The second-order valence-electron chi connectivity index (χ2n) is 5.35. The van der Waals surface area contributed by atoms with Gasteiger partial charge in [-0.25, -0.2) is 4.39 Å². The third-order valence-corrected chi connectivity index (χ3v) is 3.71. The van der Waals surface area contributed by atoms with Gasteiger partial charge in [-0.3, -0.25) is 15.6 Å². The van der Waals surface area contributed by atoms with Crippen LogP contribution in [0.3, 0.4) is 0 Å². The van der Waals surface area contributed by atoms with Gasteiger partial charge in [0.25, 0.3) is 0 Å². The number of hydrogen-bond donors (Lipinski definition) is 3. The highest BCUT2D eigenvalue weighted by molar-refractivity contribution is 7.80. The first-order valence-corrected chi connectivity index (χ1v) is 7.96. The van der Waals surface area contributed by atoms with E-state index in [4.69, 9.17) is 21.7 Å². The monoisotopic (exact) mass is 361 g/mol. The number of carbonyl (C=O) groups excluding carboxylic acids is 1. The molecule has 0 unspecified atom stereocenters. The predicted octanol–water partition coefficient (Wildman–Crippen LogP) is 1.79. The van der Waals surface area contributed by atoms with E-state index in [1.54, 1.807) is 12.1 Å². The molecule has 0 atom stereocenters. The van der Waals surface area contributed by atoms with Crippen molar-refractivity contribution in [3.05, 3.63) is 59.4 Å². The van der Waals surface area contributed by atoms with Gasteiger partial charge < -0.3 is 14.8 Å². The van der Waals surface area contributed by atoms with Gasteiger partial charge in [-0.15, -0.1) is 0 Å². The van der Waals surface area contributed by atoms with Crippen LogP contribution in [0.4, 0.5) is 4.39 Å². The topological polar surface area (TPSA) is 71.6 Å². The fourth-order valence-corrected chi connectivity index (χ4v) is 2.40. The number of benzene rings is 2. The lowest BCUT2D eigenvalue weighted by Crippen LogP contribution is -2.47. The lowest BCUT2D eigenvalue weighted by Gasteiger charge is -2.12. The summed E-state index contributed by atoms with van der Waals surface area (Å²) in [4.78, 5) is 11.8. The first-order chi connectivity index (χ1) is 12.1. The maximum Gasteiger partial charge on any atom is 0.242 e. The molecule has 0 aromatic heterocycles. The van der Waals surface area contributed by atoms with Crippen molar-refractivity contribution in [3.8, 4) is 11.5 Å². The van der Waals surface area contributed by atoms with E-state index < -0.39 is 0 Å². The molecule has 1 amide bonds. The second-order valence-corrected chi connectivity index (χ2v) is 5.76. The van der Waals surface area contributed by atoms with E-state index in [2.05, 4.69) is 16.2 Å². The van der Waals surface area contributed by atoms with Crippen LogP contribution in [0.5, 0.6) is 11.5 Å². The van der Waals surface area contributed by atoms with Crippen LogP contribution in [0.25, 0.3) is 0 Å². The summed E-state index contributed by atoms with van der Waals surface area (Å²) in [5.41, 5.74) is 6.62. The normalized spacial score (nSPS) is 11.7. The Labute approximate surface area is 149 Å². The van der Waals surface area contributed by atoms with Crippen LogP contribution in [0.1, 0.15) is 11.1 Å². The zero-order valence-electron chi connectivity index (χ0n) is 13.2. The van der Waals surface area contributed by atoms with Gasteiger partial charge in [-0.2, -0.15) is 0 Å². The van der Waals surface area contributed by atoms with Gasteiger partial charge in [0.05, 0.1) is 6.42 Å². The predicted molar refractivity (Wildman–Crippen MR) is 93.4 cm³/mol. The van der Waals surface area contributed by atoms with Crippen molar-refractivity contribution in [2.75, 3.05) is 6.79 Å². The first-order valence-electron chi connectivity index (χ1n) is 7.56. The minimum absolute atomic E-state index is 0.0511. The molecule has 0 aliphatic carbocycles. The zero-order chi connectivity index (χ0) is 17.6. The third kappa shape index (κ3) is 4.80. The standard InChI is InChI=1S/C17H16FN3O3S/c18-13-3-1-2-11(6-13)8-16(22)20-21-17(25)19-9-12-4-5-14-15(7-12)24-10-23-14/h1-7H,8-10H2,(H,20,22)(H2,19,21,25). The molecule has 3 rings (SSSR count). The molecule has 3 N–H and O–H groups in total. The number of hydrogen-bond acceptors (Lipinski definition) is 4. The van der Waals surface area contributed by atoms with Crippen molar-refractivity contribution in [2.24, 2.45) is 0 Å². The maximum atomic E-state index is 13.1. The van der Waals surface area contributed by atoms with Crippen LogP contribution in [-0.4, -0.2) is 17.8 Å². The molecular weight excluding hydrogens is 345 g/mol. The number of thiocarbonyl (C=S) groups is 1. The van der Waals surface area contributed by atoms with Gasteiger partial charge in [-0.1, -0.05) is 18.2 Å². The van der Waals surface area contributed by atoms with Crippen LogP contribution >= 0.6 is 12.2 Å². The molecule has 6 nitrogen and oxygen atoms in total. The number of halogens is 1. The van der Waals surface area contributed by atoms with E-state index in [1.165, 1.54) is 12.1 Å². The Morgan fingerprint density at radius 2 is 1.92 bits per heavy atom. The molecule has 0 radical (unpaired) electrons. The molecule has 0 spiro atoms. The molecule has 1 heterocycles. The number of rotatable bonds is 4.